The Kier molecular flexibility index (Phi) is 4.58. The third kappa shape index (κ3) is 3.28. The zero-order valence-electron chi connectivity index (χ0n) is 11.7. The molecule has 0 saturated heterocycles. The normalized spacial score (nSPS) is 12.6. The van der Waals surface area contributed by atoms with Gasteiger partial charge in [0.05, 0.1) is 36.6 Å². The smallest absolute Gasteiger partial charge is 0.0962 e. The first-order valence-corrected chi connectivity index (χ1v) is 7.66. The Balaban J connectivity index is 1.68. The number of hydrogen-bond donors (Lipinski definition) is 1. The number of imidazole rings is 1. The van der Waals surface area contributed by atoms with E-state index in [1.807, 2.05) is 42.7 Å². The van der Waals surface area contributed by atoms with Crippen LogP contribution in [0.3, 0.4) is 0 Å². The molecule has 0 N–H and O–H groups in total. The van der Waals surface area contributed by atoms with Gasteiger partial charge in [-0.15, -0.1) is 0 Å². The number of fused-ring (bicyclic) bond motifs is 1. The molecule has 0 spiro atoms. The summed E-state index contributed by atoms with van der Waals surface area (Å²) >= 11 is 4.46. The van der Waals surface area contributed by atoms with E-state index in [0.717, 1.165) is 16.8 Å². The van der Waals surface area contributed by atoms with E-state index in [4.69, 9.17) is 4.74 Å². The van der Waals surface area contributed by atoms with Gasteiger partial charge in [-0.25, -0.2) is 4.98 Å². The molecule has 3 aromatic rings. The topological polar surface area (TPSA) is 27.1 Å². The zero-order valence-corrected chi connectivity index (χ0v) is 12.6. The van der Waals surface area contributed by atoms with Gasteiger partial charge in [-0.1, -0.05) is 42.5 Å². The van der Waals surface area contributed by atoms with Crippen molar-refractivity contribution in [2.45, 2.75) is 12.6 Å². The van der Waals surface area contributed by atoms with Gasteiger partial charge in [-0.05, 0) is 17.7 Å². The average Bonchev–Trinajstić information content (AvgIpc) is 2.97. The van der Waals surface area contributed by atoms with Crippen molar-refractivity contribution in [1.82, 2.24) is 9.55 Å². The van der Waals surface area contributed by atoms with Gasteiger partial charge >= 0.3 is 0 Å². The first kappa shape index (κ1) is 14.2. The summed E-state index contributed by atoms with van der Waals surface area (Å²) in [6, 6.07) is 18.5. The molecule has 4 heteroatoms. The SMILES string of the molecule is SC[C@H](COCc1ccccc1)n1cnc2ccccc21. The molecule has 0 aliphatic rings. The van der Waals surface area contributed by atoms with Crippen LogP contribution in [0.4, 0.5) is 0 Å². The Hall–Kier alpha value is -1.78. The number of benzene rings is 2. The molecule has 0 aliphatic carbocycles. The number of ether oxygens (including phenoxy) is 1. The number of thiol groups is 1. The molecule has 0 bridgehead atoms. The highest BCUT2D eigenvalue weighted by atomic mass is 32.1. The van der Waals surface area contributed by atoms with Crippen molar-refractivity contribution in [2.24, 2.45) is 0 Å². The highest BCUT2D eigenvalue weighted by molar-refractivity contribution is 7.80. The van der Waals surface area contributed by atoms with E-state index < -0.39 is 0 Å². The Morgan fingerprint density at radius 1 is 1.05 bits per heavy atom. The molecule has 3 rings (SSSR count). The van der Waals surface area contributed by atoms with Gasteiger partial charge in [0, 0.05) is 5.75 Å². The molecule has 0 aliphatic heterocycles. The van der Waals surface area contributed by atoms with E-state index in [1.165, 1.54) is 5.56 Å². The van der Waals surface area contributed by atoms with Crippen LogP contribution in [-0.2, 0) is 11.3 Å². The minimum absolute atomic E-state index is 0.185. The van der Waals surface area contributed by atoms with Crippen molar-refractivity contribution in [3.8, 4) is 0 Å². The number of rotatable bonds is 6. The van der Waals surface area contributed by atoms with Gasteiger partial charge < -0.3 is 9.30 Å². The maximum atomic E-state index is 5.85. The number of aromatic nitrogens is 2. The van der Waals surface area contributed by atoms with Gasteiger partial charge in [0.1, 0.15) is 0 Å². The molecule has 1 atom stereocenters. The zero-order chi connectivity index (χ0) is 14.5. The fourth-order valence-electron chi connectivity index (χ4n) is 2.38. The lowest BCUT2D eigenvalue weighted by Gasteiger charge is -2.17. The van der Waals surface area contributed by atoms with Crippen molar-refractivity contribution in [2.75, 3.05) is 12.4 Å². The van der Waals surface area contributed by atoms with Crippen molar-refractivity contribution >= 4 is 23.7 Å². The van der Waals surface area contributed by atoms with Crippen LogP contribution in [0.25, 0.3) is 11.0 Å². The van der Waals surface area contributed by atoms with Crippen molar-refractivity contribution in [3.05, 3.63) is 66.5 Å². The second kappa shape index (κ2) is 6.78. The van der Waals surface area contributed by atoms with Crippen LogP contribution in [0.1, 0.15) is 11.6 Å². The van der Waals surface area contributed by atoms with Gasteiger partial charge in [0.25, 0.3) is 0 Å². The molecule has 1 aromatic heterocycles. The van der Waals surface area contributed by atoms with Crippen LogP contribution in [-0.4, -0.2) is 21.9 Å². The third-order valence-corrected chi connectivity index (χ3v) is 3.93. The molecule has 0 unspecified atom stereocenters. The monoisotopic (exact) mass is 298 g/mol. The van der Waals surface area contributed by atoms with Crippen LogP contribution >= 0.6 is 12.6 Å². The summed E-state index contributed by atoms with van der Waals surface area (Å²) in [5.41, 5.74) is 3.32. The summed E-state index contributed by atoms with van der Waals surface area (Å²) < 4.78 is 7.99. The summed E-state index contributed by atoms with van der Waals surface area (Å²) in [4.78, 5) is 4.43. The second-order valence-electron chi connectivity index (χ2n) is 4.98. The highest BCUT2D eigenvalue weighted by Crippen LogP contribution is 2.19. The Morgan fingerprint density at radius 3 is 2.62 bits per heavy atom. The summed E-state index contributed by atoms with van der Waals surface area (Å²) in [5.74, 6) is 0.717. The van der Waals surface area contributed by atoms with E-state index in [1.54, 1.807) is 0 Å². The number of para-hydroxylation sites is 2. The molecule has 108 valence electrons. The molecule has 0 fully saturated rings. The lowest BCUT2D eigenvalue weighted by molar-refractivity contribution is 0.0971. The molecular weight excluding hydrogens is 280 g/mol. The maximum Gasteiger partial charge on any atom is 0.0962 e. The number of nitrogens with zero attached hydrogens (tertiary/aromatic N) is 2. The molecule has 0 saturated carbocycles. The van der Waals surface area contributed by atoms with E-state index in [9.17, 15) is 0 Å². The summed E-state index contributed by atoms with van der Waals surface area (Å²) in [6.45, 7) is 1.25. The fraction of sp³-hybridized carbons (Fsp3) is 0.235. The van der Waals surface area contributed by atoms with Gasteiger partial charge in [0.15, 0.2) is 0 Å². The first-order valence-electron chi connectivity index (χ1n) is 7.02. The summed E-state index contributed by atoms with van der Waals surface area (Å²) in [5, 5.41) is 0. The van der Waals surface area contributed by atoms with Crippen molar-refractivity contribution < 1.29 is 4.74 Å². The third-order valence-electron chi connectivity index (χ3n) is 3.51. The minimum atomic E-state index is 0.185. The predicted molar refractivity (Wildman–Crippen MR) is 88.7 cm³/mol. The molecule has 3 nitrogen and oxygen atoms in total. The predicted octanol–water partition coefficient (Wildman–Crippen LogP) is 3.72. The molecule has 1 heterocycles. The Morgan fingerprint density at radius 2 is 1.81 bits per heavy atom. The quantitative estimate of drug-likeness (QED) is 0.702. The first-order chi connectivity index (χ1) is 10.4. The standard InChI is InChI=1S/C17H18N2OS/c21-12-15(11-20-10-14-6-2-1-3-7-14)19-13-18-16-8-4-5-9-17(16)19/h1-9,13,15,21H,10-12H2/t15-/m0/s1. The maximum absolute atomic E-state index is 5.85. The Bertz CT molecular complexity index is 696. The minimum Gasteiger partial charge on any atom is -0.375 e. The second-order valence-corrected chi connectivity index (χ2v) is 5.34. The largest absolute Gasteiger partial charge is 0.375 e. The van der Waals surface area contributed by atoms with Crippen LogP contribution in [0.15, 0.2) is 60.9 Å². The van der Waals surface area contributed by atoms with Crippen molar-refractivity contribution in [3.63, 3.8) is 0 Å². The number of hydrogen-bond acceptors (Lipinski definition) is 3. The van der Waals surface area contributed by atoms with Crippen LogP contribution in [0.5, 0.6) is 0 Å². The fourth-order valence-corrected chi connectivity index (χ4v) is 2.66. The van der Waals surface area contributed by atoms with E-state index in [2.05, 4.69) is 40.4 Å². The van der Waals surface area contributed by atoms with Crippen LogP contribution < -0.4 is 0 Å². The highest BCUT2D eigenvalue weighted by Gasteiger charge is 2.12. The summed E-state index contributed by atoms with van der Waals surface area (Å²) in [6.07, 6.45) is 1.87. The molecule has 21 heavy (non-hydrogen) atoms. The summed E-state index contributed by atoms with van der Waals surface area (Å²) in [7, 11) is 0. The lowest BCUT2D eigenvalue weighted by atomic mass is 10.2. The van der Waals surface area contributed by atoms with E-state index in [0.29, 0.717) is 13.2 Å². The average molecular weight is 298 g/mol. The molecule has 0 radical (unpaired) electrons. The molecule has 0 amide bonds. The van der Waals surface area contributed by atoms with Gasteiger partial charge in [-0.3, -0.25) is 0 Å². The van der Waals surface area contributed by atoms with Gasteiger partial charge in [-0.2, -0.15) is 12.6 Å². The molecule has 2 aromatic carbocycles. The van der Waals surface area contributed by atoms with E-state index >= 15 is 0 Å². The van der Waals surface area contributed by atoms with Crippen LogP contribution in [0, 0.1) is 0 Å². The van der Waals surface area contributed by atoms with Crippen molar-refractivity contribution in [1.29, 1.82) is 0 Å². The van der Waals surface area contributed by atoms with Crippen LogP contribution in [0.2, 0.25) is 0 Å². The molecular formula is C17H18N2OS. The van der Waals surface area contributed by atoms with Gasteiger partial charge in [0.2, 0.25) is 0 Å². The lowest BCUT2D eigenvalue weighted by Crippen LogP contribution is -2.16. The van der Waals surface area contributed by atoms with E-state index in [-0.39, 0.29) is 6.04 Å². The Labute approximate surface area is 130 Å².